The van der Waals surface area contributed by atoms with E-state index in [1.165, 1.54) is 30.9 Å². The number of amides is 7. The predicted octanol–water partition coefficient (Wildman–Crippen LogP) is 2.60. The van der Waals surface area contributed by atoms with Crippen molar-refractivity contribution >= 4 is 64.6 Å². The van der Waals surface area contributed by atoms with Crippen LogP contribution >= 0.6 is 0 Å². The van der Waals surface area contributed by atoms with Gasteiger partial charge in [0.1, 0.15) is 36.0 Å². The van der Waals surface area contributed by atoms with Crippen molar-refractivity contribution in [3.05, 3.63) is 94.5 Å². The number of ketones is 2. The highest BCUT2D eigenvalue weighted by molar-refractivity contribution is 6.30. The van der Waals surface area contributed by atoms with Crippen LogP contribution in [-0.2, 0) is 44.8 Å². The maximum absolute atomic E-state index is 14.1. The minimum Gasteiger partial charge on any atom is -0.420 e. The van der Waals surface area contributed by atoms with Crippen LogP contribution in [0.4, 0.5) is 18.9 Å². The van der Waals surface area contributed by atoms with Crippen molar-refractivity contribution < 1.29 is 65.9 Å². The lowest BCUT2D eigenvalue weighted by Crippen LogP contribution is -2.58. The highest BCUT2D eigenvalue weighted by atomic mass is 19.4. The van der Waals surface area contributed by atoms with Crippen LogP contribution in [0.25, 0.3) is 0 Å². The zero-order valence-electron chi connectivity index (χ0n) is 43.2. The molecule has 23 heteroatoms. The molecule has 7 amide bonds. The molecule has 1 saturated heterocycles. The Balaban J connectivity index is 1.17. The Morgan fingerprint density at radius 1 is 0.684 bits per heavy atom. The van der Waals surface area contributed by atoms with Gasteiger partial charge in [-0.1, -0.05) is 76.2 Å². The van der Waals surface area contributed by atoms with E-state index < -0.39 is 96.1 Å². The highest BCUT2D eigenvalue weighted by Gasteiger charge is 2.42. The number of benzene rings is 3. The van der Waals surface area contributed by atoms with E-state index in [-0.39, 0.29) is 67.2 Å². The molecular weight excluding hydrogens is 996 g/mol. The van der Waals surface area contributed by atoms with E-state index in [0.29, 0.717) is 53.7 Å². The maximum Gasteiger partial charge on any atom is 0.491 e. The normalized spacial score (nSPS) is 16.0. The van der Waals surface area contributed by atoms with Gasteiger partial charge >= 0.3 is 12.1 Å². The lowest BCUT2D eigenvalue weighted by molar-refractivity contribution is -0.189. The molecule has 0 spiro atoms. The average Bonchev–Trinajstić information content (AvgIpc) is 3.87. The number of carbonyl (C=O) groups is 10. The summed E-state index contributed by atoms with van der Waals surface area (Å²) in [5.74, 6) is -8.43. The molecule has 20 nitrogen and oxygen atoms in total. The van der Waals surface area contributed by atoms with Crippen LogP contribution in [0.2, 0.25) is 0 Å². The molecule has 0 radical (unpaired) electrons. The zero-order valence-corrected chi connectivity index (χ0v) is 43.2. The van der Waals surface area contributed by atoms with Gasteiger partial charge in [-0.05, 0) is 81.5 Å². The van der Waals surface area contributed by atoms with Gasteiger partial charge in [0.05, 0.1) is 18.2 Å². The number of hydrogen-bond donors (Lipinski definition) is 8. The zero-order chi connectivity index (χ0) is 56.0. The van der Waals surface area contributed by atoms with Crippen molar-refractivity contribution in [2.75, 3.05) is 31.5 Å². The molecule has 0 aromatic heterocycles. The number of rotatable bonds is 24. The Labute approximate surface area is 437 Å². The van der Waals surface area contributed by atoms with E-state index >= 15 is 0 Å². The second-order valence-corrected chi connectivity index (χ2v) is 19.7. The van der Waals surface area contributed by atoms with Gasteiger partial charge in [0.25, 0.3) is 0 Å². The molecule has 76 heavy (non-hydrogen) atoms. The number of nitrogens with zero attached hydrogens (tertiary/aromatic N) is 1. The van der Waals surface area contributed by atoms with E-state index in [9.17, 15) is 61.1 Å². The Morgan fingerprint density at radius 2 is 1.30 bits per heavy atom. The van der Waals surface area contributed by atoms with Gasteiger partial charge in [-0.3, -0.25) is 43.2 Å². The average molecular weight is 1060 g/mol. The lowest BCUT2D eigenvalue weighted by Gasteiger charge is -2.29. The molecule has 9 N–H and O–H groups in total. The third kappa shape index (κ3) is 16.2. The van der Waals surface area contributed by atoms with Gasteiger partial charge in [-0.15, -0.1) is 0 Å². The summed E-state index contributed by atoms with van der Waals surface area (Å²) in [4.78, 5) is 134. The summed E-state index contributed by atoms with van der Waals surface area (Å²) < 4.78 is 42.7. The van der Waals surface area contributed by atoms with Crippen LogP contribution < -0.4 is 47.7 Å². The molecule has 1 aliphatic carbocycles. The monoisotopic (exact) mass is 1060 g/mol. The van der Waals surface area contributed by atoms with Crippen LogP contribution in [0, 0.1) is 11.8 Å². The summed E-state index contributed by atoms with van der Waals surface area (Å²) in [5.41, 5.74) is 7.68. The van der Waals surface area contributed by atoms with Crippen LogP contribution in [0.15, 0.2) is 66.7 Å². The molecule has 1 aliphatic heterocycles. The van der Waals surface area contributed by atoms with Crippen LogP contribution in [0.5, 0.6) is 5.75 Å². The highest BCUT2D eigenvalue weighted by Crippen LogP contribution is 2.32. The Hall–Kier alpha value is -7.69. The van der Waals surface area contributed by atoms with Crippen molar-refractivity contribution in [3.8, 4) is 5.75 Å². The molecule has 410 valence electrons. The molecule has 5 rings (SSSR count). The van der Waals surface area contributed by atoms with E-state index in [1.807, 2.05) is 13.8 Å². The first-order valence-electron chi connectivity index (χ1n) is 25.1. The Kier molecular flexibility index (Phi) is 20.8. The fourth-order valence-electron chi connectivity index (χ4n) is 8.65. The number of hydrogen-bond acceptors (Lipinski definition) is 13. The number of likely N-dealkylation sites (tertiary alicyclic amines) is 1. The summed E-state index contributed by atoms with van der Waals surface area (Å²) >= 11 is 0. The molecule has 0 saturated carbocycles. The number of anilines is 1. The Bertz CT molecular complexity index is 2660. The van der Waals surface area contributed by atoms with Gasteiger partial charge < -0.3 is 52.6 Å². The molecule has 3 aromatic rings. The van der Waals surface area contributed by atoms with E-state index in [1.54, 1.807) is 56.3 Å². The second-order valence-electron chi connectivity index (χ2n) is 19.7. The third-order valence-corrected chi connectivity index (χ3v) is 12.5. The van der Waals surface area contributed by atoms with Gasteiger partial charge in [0.2, 0.25) is 41.4 Å². The second kappa shape index (κ2) is 26.7. The van der Waals surface area contributed by atoms with Crippen molar-refractivity contribution in [2.24, 2.45) is 17.6 Å². The number of nitrogens with two attached hydrogens (primary N) is 1. The van der Waals surface area contributed by atoms with Crippen molar-refractivity contribution in [2.45, 2.75) is 122 Å². The minimum atomic E-state index is -5.25. The maximum atomic E-state index is 14.1. The van der Waals surface area contributed by atoms with Crippen LogP contribution in [-0.4, -0.2) is 132 Å². The molecule has 0 bridgehead atoms. The summed E-state index contributed by atoms with van der Waals surface area (Å²) in [5, 5.41) is 18.9. The summed E-state index contributed by atoms with van der Waals surface area (Å²) in [6.45, 7) is 10.2. The van der Waals surface area contributed by atoms with Crippen LogP contribution in [0.1, 0.15) is 111 Å². The number of nitrogens with one attached hydrogen (secondary N) is 7. The smallest absolute Gasteiger partial charge is 0.420 e. The van der Waals surface area contributed by atoms with Crippen molar-refractivity contribution in [1.82, 2.24) is 36.8 Å². The number of ether oxygens (including phenoxy) is 1. The van der Waals surface area contributed by atoms with E-state index in [4.69, 9.17) is 5.73 Å². The minimum absolute atomic E-state index is 0.0524. The molecule has 0 unspecified atom stereocenters. The number of alkyl halides is 3. The van der Waals surface area contributed by atoms with Gasteiger partial charge in [-0.2, -0.15) is 13.2 Å². The molecule has 6 atom stereocenters. The number of fused-ring (bicyclic) bond motifs is 2. The fraction of sp³-hybridized carbons (Fsp3) is 0.472. The number of halogens is 3. The first-order chi connectivity index (χ1) is 35.9. The largest absolute Gasteiger partial charge is 0.491 e. The van der Waals surface area contributed by atoms with Gasteiger partial charge in [-0.25, -0.2) is 4.79 Å². The van der Waals surface area contributed by atoms with E-state index in [0.717, 1.165) is 12.1 Å². The third-order valence-electron chi connectivity index (χ3n) is 12.5. The first-order valence-corrected chi connectivity index (χ1v) is 25.1. The number of esters is 1. The topological polar surface area (TPSA) is 293 Å². The lowest BCUT2D eigenvalue weighted by atomic mass is 9.83. The SMILES string of the molecule is CC(C)C[C@H](NC(=O)[C@H](Cc1ccc(OC(=O)C(F)(F)F)cc1)NC(=O)[C@H](C)NC(=O)[C@@H](C)N)C(=O)NCC(=O)N[C@@H](CC(C)C)C(=O)N1CCC[C@H]1C(=O)NCCCNc1cccc2c1C(=O)c1ccccc1C2=O. The molecule has 1 heterocycles. The quantitative estimate of drug-likeness (QED) is 0.0285. The number of carbonyl (C=O) groups excluding carboxylic acids is 10. The van der Waals surface area contributed by atoms with E-state index in [2.05, 4.69) is 42.0 Å². The van der Waals surface area contributed by atoms with Gasteiger partial charge in [0, 0.05) is 48.4 Å². The Morgan fingerprint density at radius 3 is 1.93 bits per heavy atom. The predicted molar refractivity (Wildman–Crippen MR) is 271 cm³/mol. The van der Waals surface area contributed by atoms with Crippen molar-refractivity contribution in [3.63, 3.8) is 0 Å². The fourth-order valence-corrected chi connectivity index (χ4v) is 8.65. The van der Waals surface area contributed by atoms with Crippen LogP contribution in [0.3, 0.4) is 0 Å². The molecular formula is C53H66F3N9O11. The summed E-state index contributed by atoms with van der Waals surface area (Å²) in [6, 6.07) is 9.55. The summed E-state index contributed by atoms with van der Waals surface area (Å²) in [6.07, 6.45) is -3.94. The molecule has 2 aliphatic rings. The van der Waals surface area contributed by atoms with Crippen molar-refractivity contribution in [1.29, 1.82) is 0 Å². The standard InChI is InChI=1S/C53H66F3N9O11/c1-28(2)24-38(64-49(72)39(63-47(70)31(6)61-46(69)30(5)57)26-32-17-19-33(20-18-32)76-52(75)53(54,55)56)48(71)60-27-42(66)62-40(25-29(3)4)51(74)65-23-10-16-41(65)50(73)59-22-11-21-58-37-15-9-14-36-43(37)45(68)35-13-8-7-12-34(35)44(36)67/h7-9,12-15,17-20,28-31,38-41,58H,10-11,16,21-27,57H2,1-6H3,(H,59,73)(H,60,71)(H,61,69)(H,62,66)(H,63,70)(H,64,72)/t30-,31+,38+,39+,40+,41+/m1/s1. The molecule has 3 aromatic carbocycles. The first kappa shape index (κ1) is 59.2. The molecule has 1 fully saturated rings. The summed E-state index contributed by atoms with van der Waals surface area (Å²) in [7, 11) is 0. The van der Waals surface area contributed by atoms with Gasteiger partial charge in [0.15, 0.2) is 11.6 Å².